The normalized spacial score (nSPS) is 14.8. The van der Waals surface area contributed by atoms with Crippen LogP contribution in [0.2, 0.25) is 0 Å². The van der Waals surface area contributed by atoms with Crippen molar-refractivity contribution in [3.8, 4) is 0 Å². The Hall–Kier alpha value is -2.04. The smallest absolute Gasteiger partial charge is 0.411 e. The van der Waals surface area contributed by atoms with Gasteiger partial charge in [-0.3, -0.25) is 9.69 Å². The van der Waals surface area contributed by atoms with E-state index in [4.69, 9.17) is 4.74 Å². The van der Waals surface area contributed by atoms with Gasteiger partial charge in [0, 0.05) is 0 Å². The molecule has 1 aromatic rings. The zero-order chi connectivity index (χ0) is 11.4. The highest BCUT2D eigenvalue weighted by Gasteiger charge is 2.24. The van der Waals surface area contributed by atoms with E-state index in [0.717, 1.165) is 5.56 Å². The molecule has 0 aromatic heterocycles. The van der Waals surface area contributed by atoms with E-state index in [9.17, 15) is 9.59 Å². The van der Waals surface area contributed by atoms with Gasteiger partial charge in [-0.15, -0.1) is 0 Å². The van der Waals surface area contributed by atoms with E-state index in [1.807, 2.05) is 30.3 Å². The number of amides is 2. The number of carbonyl (C=O) groups is 2. The number of ether oxygens (including phenoxy) is 1. The van der Waals surface area contributed by atoms with Crippen LogP contribution in [-0.4, -0.2) is 30.1 Å². The molecule has 1 aromatic carbocycles. The lowest BCUT2D eigenvalue weighted by Gasteiger charge is -2.13. The Morgan fingerprint density at radius 1 is 1.38 bits per heavy atom. The summed E-state index contributed by atoms with van der Waals surface area (Å²) in [6, 6.07) is 9.41. The molecule has 0 spiro atoms. The first kappa shape index (κ1) is 10.5. The Morgan fingerprint density at radius 2 is 2.12 bits per heavy atom. The van der Waals surface area contributed by atoms with Crippen LogP contribution in [0, 0.1) is 0 Å². The molecule has 1 heterocycles. The van der Waals surface area contributed by atoms with Crippen LogP contribution in [0.25, 0.3) is 0 Å². The summed E-state index contributed by atoms with van der Waals surface area (Å²) in [5, 5.41) is 2.53. The minimum Gasteiger partial charge on any atom is -0.444 e. The minimum absolute atomic E-state index is 0.0770. The van der Waals surface area contributed by atoms with E-state index < -0.39 is 6.09 Å². The zero-order valence-corrected chi connectivity index (χ0v) is 8.68. The first-order valence-corrected chi connectivity index (χ1v) is 4.98. The van der Waals surface area contributed by atoms with Crippen LogP contribution in [0.5, 0.6) is 0 Å². The minimum atomic E-state index is -0.470. The van der Waals surface area contributed by atoms with Crippen molar-refractivity contribution in [2.45, 2.75) is 6.61 Å². The maximum Gasteiger partial charge on any atom is 0.411 e. The van der Waals surface area contributed by atoms with Crippen molar-refractivity contribution >= 4 is 12.0 Å². The lowest BCUT2D eigenvalue weighted by atomic mass is 10.2. The topological polar surface area (TPSA) is 58.6 Å². The van der Waals surface area contributed by atoms with Crippen LogP contribution in [-0.2, 0) is 16.1 Å². The molecule has 5 nitrogen and oxygen atoms in total. The van der Waals surface area contributed by atoms with Crippen molar-refractivity contribution in [3.05, 3.63) is 35.9 Å². The zero-order valence-electron chi connectivity index (χ0n) is 8.68. The number of nitrogens with zero attached hydrogens (tertiary/aromatic N) is 1. The molecule has 1 N–H and O–H groups in total. The van der Waals surface area contributed by atoms with Gasteiger partial charge in [0.15, 0.2) is 0 Å². The average Bonchev–Trinajstić information content (AvgIpc) is 2.74. The highest BCUT2D eigenvalue weighted by molar-refractivity contribution is 5.85. The number of rotatable bonds is 2. The number of carbonyl (C=O) groups excluding carboxylic acids is 2. The van der Waals surface area contributed by atoms with Crippen molar-refractivity contribution < 1.29 is 14.3 Å². The summed E-state index contributed by atoms with van der Waals surface area (Å²) in [7, 11) is 0. The molecule has 0 radical (unpaired) electrons. The van der Waals surface area contributed by atoms with Crippen molar-refractivity contribution in [1.82, 2.24) is 10.2 Å². The maximum atomic E-state index is 11.5. The molecule has 5 heteroatoms. The Kier molecular flexibility index (Phi) is 3.05. The van der Waals surface area contributed by atoms with Gasteiger partial charge in [0.25, 0.3) is 0 Å². The van der Waals surface area contributed by atoms with Gasteiger partial charge in [-0.25, -0.2) is 4.79 Å². The molecule has 0 atom stereocenters. The van der Waals surface area contributed by atoms with Gasteiger partial charge < -0.3 is 10.1 Å². The predicted octanol–water partition coefficient (Wildman–Crippen LogP) is 0.713. The molecule has 1 aliphatic rings. The highest BCUT2D eigenvalue weighted by atomic mass is 16.6. The molecule has 2 amide bonds. The van der Waals surface area contributed by atoms with E-state index in [-0.39, 0.29) is 25.7 Å². The van der Waals surface area contributed by atoms with E-state index in [1.54, 1.807) is 0 Å². The molecule has 16 heavy (non-hydrogen) atoms. The third-order valence-electron chi connectivity index (χ3n) is 2.26. The lowest BCUT2D eigenvalue weighted by molar-refractivity contribution is -0.118. The van der Waals surface area contributed by atoms with Crippen LogP contribution in [0.15, 0.2) is 30.3 Å². The fourth-order valence-corrected chi connectivity index (χ4v) is 1.41. The molecule has 1 fully saturated rings. The Morgan fingerprint density at radius 3 is 2.75 bits per heavy atom. The first-order chi connectivity index (χ1) is 7.75. The van der Waals surface area contributed by atoms with Crippen molar-refractivity contribution in [2.24, 2.45) is 0 Å². The summed E-state index contributed by atoms with van der Waals surface area (Å²) in [4.78, 5) is 23.7. The maximum absolute atomic E-state index is 11.5. The second kappa shape index (κ2) is 4.65. The van der Waals surface area contributed by atoms with Crippen molar-refractivity contribution in [2.75, 3.05) is 13.2 Å². The Balaban J connectivity index is 1.82. The second-order valence-corrected chi connectivity index (χ2v) is 3.50. The predicted molar refractivity (Wildman–Crippen MR) is 56.3 cm³/mol. The van der Waals surface area contributed by atoms with Crippen LogP contribution >= 0.6 is 0 Å². The fourth-order valence-electron chi connectivity index (χ4n) is 1.41. The van der Waals surface area contributed by atoms with E-state index >= 15 is 0 Å². The van der Waals surface area contributed by atoms with Gasteiger partial charge in [0.2, 0.25) is 5.91 Å². The Labute approximate surface area is 93.0 Å². The standard InChI is InChI=1S/C11H12N2O3/c14-10-6-13(8-12-10)11(15)16-7-9-4-2-1-3-5-9/h1-5H,6-8H2,(H,12,14). The molecule has 1 saturated heterocycles. The van der Waals surface area contributed by atoms with E-state index in [2.05, 4.69) is 5.32 Å². The molecule has 2 rings (SSSR count). The van der Waals surface area contributed by atoms with Gasteiger partial charge in [0.1, 0.15) is 13.2 Å². The molecule has 0 bridgehead atoms. The summed E-state index contributed by atoms with van der Waals surface area (Å²) in [6.07, 6.45) is -0.470. The summed E-state index contributed by atoms with van der Waals surface area (Å²) in [6.45, 7) is 0.532. The third-order valence-corrected chi connectivity index (χ3v) is 2.26. The second-order valence-electron chi connectivity index (χ2n) is 3.50. The van der Waals surface area contributed by atoms with Crippen LogP contribution in [0.4, 0.5) is 4.79 Å². The summed E-state index contributed by atoms with van der Waals surface area (Å²) >= 11 is 0. The van der Waals surface area contributed by atoms with E-state index in [1.165, 1.54) is 4.90 Å². The fraction of sp³-hybridized carbons (Fsp3) is 0.273. The molecular formula is C11H12N2O3. The number of hydrogen-bond acceptors (Lipinski definition) is 3. The average molecular weight is 220 g/mol. The SMILES string of the molecule is O=C1CN(C(=O)OCc2ccccc2)CN1. The molecular weight excluding hydrogens is 208 g/mol. The third kappa shape index (κ3) is 2.50. The summed E-state index contributed by atoms with van der Waals surface area (Å²) in [5.74, 6) is -0.156. The number of nitrogens with one attached hydrogen (secondary N) is 1. The highest BCUT2D eigenvalue weighted by Crippen LogP contribution is 2.04. The monoisotopic (exact) mass is 220 g/mol. The molecule has 1 aliphatic heterocycles. The van der Waals surface area contributed by atoms with Crippen LogP contribution in [0.3, 0.4) is 0 Å². The summed E-state index contributed by atoms with van der Waals surface area (Å²) in [5.41, 5.74) is 0.925. The quantitative estimate of drug-likeness (QED) is 0.798. The van der Waals surface area contributed by atoms with Gasteiger partial charge in [-0.1, -0.05) is 30.3 Å². The van der Waals surface area contributed by atoms with Gasteiger partial charge in [0.05, 0.1) is 6.67 Å². The molecule has 0 unspecified atom stereocenters. The molecule has 0 saturated carbocycles. The Bertz CT molecular complexity index is 391. The van der Waals surface area contributed by atoms with Gasteiger partial charge >= 0.3 is 6.09 Å². The van der Waals surface area contributed by atoms with E-state index in [0.29, 0.717) is 0 Å². The van der Waals surface area contributed by atoms with Crippen LogP contribution in [0.1, 0.15) is 5.56 Å². The van der Waals surface area contributed by atoms with Gasteiger partial charge in [-0.05, 0) is 5.56 Å². The molecule has 84 valence electrons. The number of hydrogen-bond donors (Lipinski definition) is 1. The van der Waals surface area contributed by atoms with Gasteiger partial charge in [-0.2, -0.15) is 0 Å². The van der Waals surface area contributed by atoms with Crippen molar-refractivity contribution in [1.29, 1.82) is 0 Å². The first-order valence-electron chi connectivity index (χ1n) is 4.98. The van der Waals surface area contributed by atoms with Crippen LogP contribution < -0.4 is 5.32 Å². The molecule has 0 aliphatic carbocycles. The number of benzene rings is 1. The van der Waals surface area contributed by atoms with Crippen molar-refractivity contribution in [3.63, 3.8) is 0 Å². The largest absolute Gasteiger partial charge is 0.444 e. The summed E-state index contributed by atoms with van der Waals surface area (Å²) < 4.78 is 5.06. The lowest BCUT2D eigenvalue weighted by Crippen LogP contribution is -2.30.